The van der Waals surface area contributed by atoms with E-state index in [0.29, 0.717) is 0 Å². The fourth-order valence-corrected chi connectivity index (χ4v) is 7.16. The van der Waals surface area contributed by atoms with Gasteiger partial charge in [0.15, 0.2) is 0 Å². The molecule has 0 spiro atoms. The molecule has 0 aliphatic carbocycles. The quantitative estimate of drug-likeness (QED) is 0.0820. The minimum Gasteiger partial charge on any atom is -0.493 e. The lowest BCUT2D eigenvalue weighted by Gasteiger charge is -2.15. The second kappa shape index (κ2) is 21.4. The number of aryl methyl sites for hydroxylation is 4. The summed E-state index contributed by atoms with van der Waals surface area (Å²) in [5.74, 6) is 0. The molecule has 0 N–H and O–H groups in total. The van der Waals surface area contributed by atoms with Crippen LogP contribution in [0.15, 0.2) is 47.5 Å². The van der Waals surface area contributed by atoms with Crippen molar-refractivity contribution in [1.29, 1.82) is 0 Å². The van der Waals surface area contributed by atoms with Crippen molar-refractivity contribution in [1.82, 2.24) is 0 Å². The number of hydrogen-bond donors (Lipinski definition) is 0. The highest BCUT2D eigenvalue weighted by atomic mass is 15.2. The summed E-state index contributed by atoms with van der Waals surface area (Å²) in [6.07, 6.45) is 26.1. The standard InChI is InChI=1S/C44H68N2/c1-7-13-19-22-28-42-41(27-18-12-6)43(39-31-35(23-16-10-4)29-37(33-39)25-20-14-8-2)46(45)44(42)40-32-36(24-17-11-5)30-38(34-40)26-21-15-9-3/h29-34H,7-28H2,1-6H3. The van der Waals surface area contributed by atoms with Crippen LogP contribution in [-0.2, 0) is 25.7 Å². The van der Waals surface area contributed by atoms with E-state index in [1.165, 1.54) is 134 Å². The van der Waals surface area contributed by atoms with Gasteiger partial charge in [-0.1, -0.05) is 118 Å². The molecule has 2 nitrogen and oxygen atoms in total. The molecule has 0 saturated carbocycles. The molecule has 0 amide bonds. The molecule has 1 heterocycles. The smallest absolute Gasteiger partial charge is 0.211 e. The van der Waals surface area contributed by atoms with Gasteiger partial charge in [0.2, 0.25) is 11.4 Å². The first kappa shape index (κ1) is 38.0. The van der Waals surface area contributed by atoms with Crippen molar-refractivity contribution in [3.8, 4) is 0 Å². The maximum Gasteiger partial charge on any atom is 0.211 e. The van der Waals surface area contributed by atoms with Gasteiger partial charge < -0.3 is 5.53 Å². The first-order valence-corrected chi connectivity index (χ1v) is 19.7. The van der Waals surface area contributed by atoms with Crippen molar-refractivity contribution >= 4 is 11.4 Å². The highest BCUT2D eigenvalue weighted by Crippen LogP contribution is 2.45. The van der Waals surface area contributed by atoms with Gasteiger partial charge >= 0.3 is 0 Å². The van der Waals surface area contributed by atoms with Crippen molar-refractivity contribution in [2.75, 3.05) is 0 Å². The number of benzene rings is 2. The van der Waals surface area contributed by atoms with Gasteiger partial charge in [-0.2, -0.15) is 0 Å². The maximum absolute atomic E-state index is 12.5. The summed E-state index contributed by atoms with van der Waals surface area (Å²) in [6, 6.07) is 14.6. The Hall–Kier alpha value is -2.48. The minimum atomic E-state index is 1.03. The molecule has 3 rings (SSSR count). The van der Waals surface area contributed by atoms with E-state index in [2.05, 4.69) is 77.9 Å². The highest BCUT2D eigenvalue weighted by molar-refractivity contribution is 5.82. The van der Waals surface area contributed by atoms with Crippen LogP contribution < -0.4 is 0 Å². The van der Waals surface area contributed by atoms with Crippen LogP contribution in [0, 0.1) is 0 Å². The summed E-state index contributed by atoms with van der Waals surface area (Å²) in [7, 11) is 0. The van der Waals surface area contributed by atoms with Crippen molar-refractivity contribution in [3.05, 3.63) is 86.5 Å². The van der Waals surface area contributed by atoms with Crippen LogP contribution >= 0.6 is 0 Å². The van der Waals surface area contributed by atoms with Crippen LogP contribution in [0.3, 0.4) is 0 Å². The van der Waals surface area contributed by atoms with Crippen molar-refractivity contribution in [2.45, 2.75) is 183 Å². The summed E-state index contributed by atoms with van der Waals surface area (Å²) in [6.45, 7) is 13.8. The highest BCUT2D eigenvalue weighted by Gasteiger charge is 2.35. The molecule has 0 aromatic heterocycles. The Bertz CT molecular complexity index is 1280. The van der Waals surface area contributed by atoms with E-state index in [1.54, 1.807) is 4.70 Å². The SMILES string of the molecule is CCCCCCC1=C(c2cc(CCCC)cc(CCCCC)c2)[N+](=[N-])C(c2cc(CCCC)cc(CCCCC)c2)=C1CCCC. The molecule has 0 bridgehead atoms. The average molecular weight is 625 g/mol. The van der Waals surface area contributed by atoms with Gasteiger partial charge in [-0.25, -0.2) is 4.70 Å². The molecule has 1 aliphatic rings. The Morgan fingerprint density at radius 2 is 0.674 bits per heavy atom. The van der Waals surface area contributed by atoms with Gasteiger partial charge in [-0.05, 0) is 124 Å². The van der Waals surface area contributed by atoms with E-state index >= 15 is 0 Å². The van der Waals surface area contributed by atoms with Gasteiger partial charge in [0, 0.05) is 22.3 Å². The zero-order valence-electron chi connectivity index (χ0n) is 30.9. The zero-order chi connectivity index (χ0) is 33.1. The third kappa shape index (κ3) is 11.3. The molecule has 0 fully saturated rings. The lowest BCUT2D eigenvalue weighted by Crippen LogP contribution is -2.05. The Morgan fingerprint density at radius 3 is 1.07 bits per heavy atom. The third-order valence-corrected chi connectivity index (χ3v) is 9.85. The molecule has 254 valence electrons. The molecular weight excluding hydrogens is 556 g/mol. The molecule has 0 saturated heterocycles. The molecule has 2 heteroatoms. The van der Waals surface area contributed by atoms with E-state index in [9.17, 15) is 5.53 Å². The Balaban J connectivity index is 2.20. The summed E-state index contributed by atoms with van der Waals surface area (Å²) in [5, 5.41) is 0. The summed E-state index contributed by atoms with van der Waals surface area (Å²) in [4.78, 5) is 0. The van der Waals surface area contributed by atoms with E-state index < -0.39 is 0 Å². The van der Waals surface area contributed by atoms with Crippen LogP contribution in [0.25, 0.3) is 16.9 Å². The largest absolute Gasteiger partial charge is 0.493 e. The van der Waals surface area contributed by atoms with Gasteiger partial charge in [0.25, 0.3) is 0 Å². The monoisotopic (exact) mass is 625 g/mol. The Kier molecular flexibility index (Phi) is 17.7. The molecule has 0 unspecified atom stereocenters. The van der Waals surface area contributed by atoms with Crippen molar-refractivity contribution in [2.24, 2.45) is 0 Å². The lowest BCUT2D eigenvalue weighted by molar-refractivity contribution is -0.345. The summed E-state index contributed by atoms with van der Waals surface area (Å²) in [5.41, 5.74) is 25.6. The second-order valence-corrected chi connectivity index (χ2v) is 14.1. The zero-order valence-corrected chi connectivity index (χ0v) is 30.9. The maximum atomic E-state index is 12.5. The molecule has 0 atom stereocenters. The van der Waals surface area contributed by atoms with Gasteiger partial charge in [0.05, 0.1) is 0 Å². The fraction of sp³-hybridized carbons (Fsp3) is 0.636. The normalized spacial score (nSPS) is 13.5. The number of allylic oxidation sites excluding steroid dienone is 2. The topological polar surface area (TPSA) is 25.3 Å². The summed E-state index contributed by atoms with van der Waals surface area (Å²) >= 11 is 0. The first-order valence-electron chi connectivity index (χ1n) is 19.7. The van der Waals surface area contributed by atoms with E-state index in [-0.39, 0.29) is 0 Å². The molecule has 2 aromatic rings. The fourth-order valence-electron chi connectivity index (χ4n) is 7.16. The number of hydrogen-bond acceptors (Lipinski definition) is 0. The predicted molar refractivity (Wildman–Crippen MR) is 202 cm³/mol. The molecule has 1 aliphatic heterocycles. The predicted octanol–water partition coefficient (Wildman–Crippen LogP) is 14.2. The van der Waals surface area contributed by atoms with Crippen LogP contribution in [0.5, 0.6) is 0 Å². The Labute approximate surface area is 284 Å². The minimum absolute atomic E-state index is 1.03. The van der Waals surface area contributed by atoms with Crippen LogP contribution in [0.2, 0.25) is 0 Å². The molecule has 0 radical (unpaired) electrons. The molecule has 46 heavy (non-hydrogen) atoms. The molecule has 2 aromatic carbocycles. The van der Waals surface area contributed by atoms with Gasteiger partial charge in [-0.15, -0.1) is 0 Å². The number of rotatable bonds is 24. The summed E-state index contributed by atoms with van der Waals surface area (Å²) < 4.78 is 1.66. The van der Waals surface area contributed by atoms with Gasteiger partial charge in [-0.3, -0.25) is 0 Å². The number of unbranched alkanes of at least 4 members (excludes halogenated alkanes) is 10. The molecular formula is C44H68N2. The lowest BCUT2D eigenvalue weighted by atomic mass is 9.89. The second-order valence-electron chi connectivity index (χ2n) is 14.1. The average Bonchev–Trinajstić information content (AvgIpc) is 3.34. The van der Waals surface area contributed by atoms with E-state index in [0.717, 1.165) is 62.8 Å². The first-order chi connectivity index (χ1) is 22.5. The van der Waals surface area contributed by atoms with E-state index in [1.807, 2.05) is 0 Å². The number of nitrogens with zero attached hydrogens (tertiary/aromatic N) is 2. The van der Waals surface area contributed by atoms with Crippen molar-refractivity contribution in [3.63, 3.8) is 0 Å². The van der Waals surface area contributed by atoms with Crippen LogP contribution in [-0.4, -0.2) is 4.70 Å². The van der Waals surface area contributed by atoms with Crippen molar-refractivity contribution < 1.29 is 4.70 Å². The van der Waals surface area contributed by atoms with E-state index in [4.69, 9.17) is 0 Å². The third-order valence-electron chi connectivity index (χ3n) is 9.85. The van der Waals surface area contributed by atoms with Crippen LogP contribution in [0.4, 0.5) is 0 Å². The Morgan fingerprint density at radius 1 is 0.370 bits per heavy atom. The van der Waals surface area contributed by atoms with Gasteiger partial charge in [0.1, 0.15) is 0 Å². The van der Waals surface area contributed by atoms with Crippen LogP contribution in [0.1, 0.15) is 190 Å².